The summed E-state index contributed by atoms with van der Waals surface area (Å²) >= 11 is 7.93. The summed E-state index contributed by atoms with van der Waals surface area (Å²) in [7, 11) is 0. The molecule has 0 saturated carbocycles. The summed E-state index contributed by atoms with van der Waals surface area (Å²) in [5, 5.41) is 1.30. The highest BCUT2D eigenvalue weighted by molar-refractivity contribution is 8.00. The lowest BCUT2D eigenvalue weighted by molar-refractivity contribution is 0.291. The van der Waals surface area contributed by atoms with Crippen LogP contribution in [0.15, 0.2) is 0 Å². The van der Waals surface area contributed by atoms with E-state index in [1.165, 1.54) is 0 Å². The van der Waals surface area contributed by atoms with Gasteiger partial charge in [-0.2, -0.15) is 26.7 Å². The van der Waals surface area contributed by atoms with Crippen molar-refractivity contribution in [3.8, 4) is 6.01 Å². The fraction of sp³-hybridized carbons (Fsp3) is 0.750. The van der Waals surface area contributed by atoms with Gasteiger partial charge < -0.3 is 9.64 Å². The van der Waals surface area contributed by atoms with Crippen molar-refractivity contribution in [2.75, 3.05) is 24.6 Å². The van der Waals surface area contributed by atoms with E-state index in [1.54, 1.807) is 0 Å². The Morgan fingerprint density at radius 3 is 2.58 bits per heavy atom. The first-order valence-corrected chi connectivity index (χ1v) is 7.85. The van der Waals surface area contributed by atoms with E-state index in [1.807, 2.05) is 18.7 Å². The van der Waals surface area contributed by atoms with Gasteiger partial charge in [0.2, 0.25) is 11.2 Å². The number of hydrogen-bond acceptors (Lipinski definition) is 6. The van der Waals surface area contributed by atoms with Gasteiger partial charge in [-0.3, -0.25) is 0 Å². The minimum absolute atomic E-state index is 0.189. The van der Waals surface area contributed by atoms with Crippen molar-refractivity contribution in [3.05, 3.63) is 5.28 Å². The Kier molecular flexibility index (Phi) is 5.10. The van der Waals surface area contributed by atoms with E-state index < -0.39 is 0 Å². The summed E-state index contributed by atoms with van der Waals surface area (Å²) in [4.78, 5) is 14.7. The summed E-state index contributed by atoms with van der Waals surface area (Å²) in [6.07, 6.45) is 0.910. The summed E-state index contributed by atoms with van der Waals surface area (Å²) in [6.45, 7) is 8.89. The number of thioether (sulfide) groups is 1. The molecule has 7 heteroatoms. The number of rotatable bonds is 4. The number of nitrogens with zero attached hydrogens (tertiary/aromatic N) is 4. The van der Waals surface area contributed by atoms with Crippen LogP contribution in [0, 0.1) is 0 Å². The van der Waals surface area contributed by atoms with E-state index in [0.717, 1.165) is 19.5 Å². The van der Waals surface area contributed by atoms with Crippen LogP contribution in [-0.2, 0) is 0 Å². The van der Waals surface area contributed by atoms with Crippen molar-refractivity contribution in [1.29, 1.82) is 0 Å². The quantitative estimate of drug-likeness (QED) is 0.852. The molecule has 1 aromatic rings. The van der Waals surface area contributed by atoms with Gasteiger partial charge in [0.15, 0.2) is 0 Å². The Bertz CT molecular complexity index is 424. The average Bonchev–Trinajstić information content (AvgIpc) is 2.34. The number of ether oxygens (including phenoxy) is 1. The van der Waals surface area contributed by atoms with Gasteiger partial charge in [-0.05, 0) is 18.0 Å². The first kappa shape index (κ1) is 14.7. The third-order valence-corrected chi connectivity index (χ3v) is 4.11. The summed E-state index contributed by atoms with van der Waals surface area (Å²) in [6, 6.07) is 0.315. The van der Waals surface area contributed by atoms with Crippen molar-refractivity contribution < 1.29 is 4.74 Å². The summed E-state index contributed by atoms with van der Waals surface area (Å²) in [5.74, 6) is 0.616. The second-order valence-corrected chi connectivity index (χ2v) is 6.92. The predicted octanol–water partition coefficient (Wildman–Crippen LogP) is 2.64. The lowest BCUT2D eigenvalue weighted by Gasteiger charge is -2.34. The van der Waals surface area contributed by atoms with Crippen LogP contribution >= 0.6 is 23.4 Å². The second kappa shape index (κ2) is 6.61. The molecular formula is C12H19ClN4OS. The normalized spacial score (nSPS) is 23.5. The van der Waals surface area contributed by atoms with Gasteiger partial charge in [-0.1, -0.05) is 20.8 Å². The second-order valence-electron chi connectivity index (χ2n) is 4.70. The highest BCUT2D eigenvalue weighted by Gasteiger charge is 2.25. The molecule has 2 heterocycles. The molecular weight excluding hydrogens is 284 g/mol. The SMILES string of the molecule is CCCOc1nc(Cl)nc(N2CC(C)SC(C)C2)n1. The topological polar surface area (TPSA) is 51.1 Å². The number of anilines is 1. The smallest absolute Gasteiger partial charge is 0.322 e. The molecule has 1 fully saturated rings. The maximum absolute atomic E-state index is 5.95. The molecule has 0 amide bonds. The Hall–Kier alpha value is -0.750. The molecule has 1 saturated heterocycles. The minimum atomic E-state index is 0.189. The minimum Gasteiger partial charge on any atom is -0.463 e. The maximum atomic E-state index is 5.95. The van der Waals surface area contributed by atoms with E-state index in [2.05, 4.69) is 33.7 Å². The Morgan fingerprint density at radius 1 is 1.26 bits per heavy atom. The monoisotopic (exact) mass is 302 g/mol. The molecule has 19 heavy (non-hydrogen) atoms. The van der Waals surface area contributed by atoms with Crippen LogP contribution in [0.4, 0.5) is 5.95 Å². The van der Waals surface area contributed by atoms with Crippen molar-refractivity contribution >= 4 is 29.3 Å². The Morgan fingerprint density at radius 2 is 1.95 bits per heavy atom. The fourth-order valence-corrected chi connectivity index (χ4v) is 3.54. The van der Waals surface area contributed by atoms with Gasteiger partial charge in [0.05, 0.1) is 6.61 Å². The number of hydrogen-bond donors (Lipinski definition) is 0. The van der Waals surface area contributed by atoms with Crippen molar-refractivity contribution in [1.82, 2.24) is 15.0 Å². The molecule has 1 aliphatic rings. The molecule has 0 bridgehead atoms. The zero-order chi connectivity index (χ0) is 13.8. The molecule has 5 nitrogen and oxygen atoms in total. The van der Waals surface area contributed by atoms with Crippen LogP contribution < -0.4 is 9.64 Å². The molecule has 0 radical (unpaired) electrons. The van der Waals surface area contributed by atoms with Crippen molar-refractivity contribution in [3.63, 3.8) is 0 Å². The maximum Gasteiger partial charge on any atom is 0.322 e. The van der Waals surface area contributed by atoms with E-state index in [9.17, 15) is 0 Å². The molecule has 2 atom stereocenters. The van der Waals surface area contributed by atoms with E-state index in [4.69, 9.17) is 16.3 Å². The fourth-order valence-electron chi connectivity index (χ4n) is 2.06. The average molecular weight is 303 g/mol. The molecule has 2 unspecified atom stereocenters. The number of aromatic nitrogens is 3. The molecule has 0 aliphatic carbocycles. The Labute approximate surface area is 123 Å². The van der Waals surface area contributed by atoms with Gasteiger partial charge >= 0.3 is 6.01 Å². The summed E-state index contributed by atoms with van der Waals surface area (Å²) < 4.78 is 5.44. The summed E-state index contributed by atoms with van der Waals surface area (Å²) in [5.41, 5.74) is 0. The largest absolute Gasteiger partial charge is 0.463 e. The van der Waals surface area contributed by atoms with Gasteiger partial charge in [0, 0.05) is 23.6 Å². The van der Waals surface area contributed by atoms with Crippen LogP contribution in [-0.4, -0.2) is 45.1 Å². The van der Waals surface area contributed by atoms with Crippen molar-refractivity contribution in [2.24, 2.45) is 0 Å². The first-order valence-electron chi connectivity index (χ1n) is 6.53. The zero-order valence-corrected chi connectivity index (χ0v) is 13.0. The van der Waals surface area contributed by atoms with Crippen LogP contribution in [0.1, 0.15) is 27.2 Å². The van der Waals surface area contributed by atoms with E-state index >= 15 is 0 Å². The molecule has 2 rings (SSSR count). The standard InChI is InChI=1S/C12H19ClN4OS/c1-4-5-18-12-15-10(13)14-11(16-12)17-6-8(2)19-9(3)7-17/h8-9H,4-7H2,1-3H3. The number of halogens is 1. The highest BCUT2D eigenvalue weighted by Crippen LogP contribution is 2.27. The molecule has 0 spiro atoms. The molecule has 1 aliphatic heterocycles. The van der Waals surface area contributed by atoms with Gasteiger partial charge in [-0.15, -0.1) is 0 Å². The molecule has 106 valence electrons. The van der Waals surface area contributed by atoms with Gasteiger partial charge in [-0.25, -0.2) is 0 Å². The van der Waals surface area contributed by atoms with Crippen LogP contribution in [0.2, 0.25) is 5.28 Å². The Balaban J connectivity index is 2.16. The van der Waals surface area contributed by atoms with E-state index in [0.29, 0.717) is 29.1 Å². The zero-order valence-electron chi connectivity index (χ0n) is 11.5. The third-order valence-electron chi connectivity index (χ3n) is 2.71. The van der Waals surface area contributed by atoms with Crippen molar-refractivity contribution in [2.45, 2.75) is 37.7 Å². The van der Waals surface area contributed by atoms with Gasteiger partial charge in [0.25, 0.3) is 0 Å². The van der Waals surface area contributed by atoms with E-state index in [-0.39, 0.29) is 5.28 Å². The van der Waals surface area contributed by atoms with Gasteiger partial charge in [0.1, 0.15) is 0 Å². The lowest BCUT2D eigenvalue weighted by atomic mass is 10.3. The predicted molar refractivity (Wildman–Crippen MR) is 79.4 cm³/mol. The molecule has 0 aromatic carbocycles. The molecule has 0 N–H and O–H groups in total. The first-order chi connectivity index (χ1) is 9.08. The third kappa shape index (κ3) is 4.11. The molecule has 1 aromatic heterocycles. The highest BCUT2D eigenvalue weighted by atomic mass is 35.5. The van der Waals surface area contributed by atoms with Crippen LogP contribution in [0.25, 0.3) is 0 Å². The lowest BCUT2D eigenvalue weighted by Crippen LogP contribution is -2.41. The van der Waals surface area contributed by atoms with Crippen LogP contribution in [0.3, 0.4) is 0 Å². The van der Waals surface area contributed by atoms with Crippen LogP contribution in [0.5, 0.6) is 6.01 Å².